The first-order valence-electron chi connectivity index (χ1n) is 8.20. The summed E-state index contributed by atoms with van der Waals surface area (Å²) in [4.78, 5) is 2.80. The van der Waals surface area contributed by atoms with Crippen LogP contribution in [0.5, 0.6) is 0 Å². The van der Waals surface area contributed by atoms with Crippen molar-refractivity contribution in [1.82, 2.24) is 4.90 Å². The number of rotatable bonds is 3. The molecule has 2 N–H and O–H groups in total. The maximum Gasteiger partial charge on any atom is 0.00983 e. The zero-order chi connectivity index (χ0) is 13.0. The van der Waals surface area contributed by atoms with Crippen LogP contribution in [0, 0.1) is 11.8 Å². The Kier molecular flexibility index (Phi) is 5.50. The Balaban J connectivity index is 1.92. The van der Waals surface area contributed by atoms with Crippen molar-refractivity contribution >= 4 is 0 Å². The zero-order valence-electron chi connectivity index (χ0n) is 12.4. The smallest absolute Gasteiger partial charge is 0.00983 e. The molecule has 1 heterocycles. The number of nitrogens with zero attached hydrogens (tertiary/aromatic N) is 1. The van der Waals surface area contributed by atoms with E-state index in [2.05, 4.69) is 18.7 Å². The first-order chi connectivity index (χ1) is 8.74. The monoisotopic (exact) mass is 252 g/mol. The third-order valence-electron chi connectivity index (χ3n) is 5.47. The summed E-state index contributed by atoms with van der Waals surface area (Å²) in [5.41, 5.74) is 5.89. The molecule has 18 heavy (non-hydrogen) atoms. The van der Waals surface area contributed by atoms with Gasteiger partial charge in [0.2, 0.25) is 0 Å². The molecule has 2 heteroatoms. The number of piperidine rings is 1. The Morgan fingerprint density at radius 3 is 2.50 bits per heavy atom. The van der Waals surface area contributed by atoms with Crippen LogP contribution in [-0.4, -0.2) is 30.1 Å². The molecule has 1 aliphatic carbocycles. The highest BCUT2D eigenvalue weighted by Crippen LogP contribution is 2.32. The van der Waals surface area contributed by atoms with E-state index in [1.165, 1.54) is 57.9 Å². The molecule has 2 rings (SSSR count). The summed E-state index contributed by atoms with van der Waals surface area (Å²) in [5.74, 6) is 1.76. The van der Waals surface area contributed by atoms with Gasteiger partial charge in [0.15, 0.2) is 0 Å². The molecular weight excluding hydrogens is 220 g/mol. The molecule has 106 valence electrons. The number of hydrogen-bond acceptors (Lipinski definition) is 2. The van der Waals surface area contributed by atoms with Gasteiger partial charge in [0, 0.05) is 18.6 Å². The lowest BCUT2D eigenvalue weighted by molar-refractivity contribution is 0.0657. The van der Waals surface area contributed by atoms with Crippen molar-refractivity contribution in [3.8, 4) is 0 Å². The van der Waals surface area contributed by atoms with Crippen LogP contribution in [-0.2, 0) is 0 Å². The molecule has 0 spiro atoms. The average molecular weight is 252 g/mol. The minimum absolute atomic E-state index is 0.756. The number of likely N-dealkylation sites (tertiary alicyclic amines) is 1. The summed E-state index contributed by atoms with van der Waals surface area (Å²) < 4.78 is 0. The second-order valence-electron chi connectivity index (χ2n) is 6.66. The van der Waals surface area contributed by atoms with Gasteiger partial charge in [-0.05, 0) is 57.4 Å². The summed E-state index contributed by atoms with van der Waals surface area (Å²) >= 11 is 0. The lowest BCUT2D eigenvalue weighted by Crippen LogP contribution is -2.49. The third kappa shape index (κ3) is 3.48. The van der Waals surface area contributed by atoms with Crippen molar-refractivity contribution in [2.24, 2.45) is 17.6 Å². The van der Waals surface area contributed by atoms with E-state index in [0.717, 1.165) is 30.5 Å². The molecule has 0 amide bonds. The highest BCUT2D eigenvalue weighted by atomic mass is 15.2. The van der Waals surface area contributed by atoms with E-state index in [1.54, 1.807) is 0 Å². The average Bonchev–Trinajstić information content (AvgIpc) is 2.64. The minimum atomic E-state index is 0.756. The molecule has 0 radical (unpaired) electrons. The molecule has 2 nitrogen and oxygen atoms in total. The molecule has 4 atom stereocenters. The predicted octanol–water partition coefficient (Wildman–Crippen LogP) is 3.40. The minimum Gasteiger partial charge on any atom is -0.330 e. The molecule has 0 aromatic rings. The first-order valence-corrected chi connectivity index (χ1v) is 8.20. The first kappa shape index (κ1) is 14.3. The fourth-order valence-electron chi connectivity index (χ4n) is 4.01. The van der Waals surface area contributed by atoms with Gasteiger partial charge in [-0.1, -0.05) is 26.2 Å². The molecule has 1 aliphatic heterocycles. The Morgan fingerprint density at radius 2 is 1.78 bits per heavy atom. The van der Waals surface area contributed by atoms with E-state index >= 15 is 0 Å². The standard InChI is InChI=1S/C16H32N2/c1-3-14-5-4-6-16(10-9-14)18-12-15(11-17)8-7-13(18)2/h13-16H,3-12,17H2,1-2H3. The molecule has 1 saturated heterocycles. The fourth-order valence-corrected chi connectivity index (χ4v) is 4.01. The quantitative estimate of drug-likeness (QED) is 0.780. The van der Waals surface area contributed by atoms with Crippen molar-refractivity contribution in [2.45, 2.75) is 77.3 Å². The van der Waals surface area contributed by atoms with Crippen LogP contribution in [0.1, 0.15) is 65.2 Å². The second-order valence-corrected chi connectivity index (χ2v) is 6.66. The van der Waals surface area contributed by atoms with Crippen LogP contribution >= 0.6 is 0 Å². The van der Waals surface area contributed by atoms with E-state index in [9.17, 15) is 0 Å². The van der Waals surface area contributed by atoms with E-state index in [1.807, 2.05) is 0 Å². The highest BCUT2D eigenvalue weighted by Gasteiger charge is 2.31. The Bertz CT molecular complexity index is 241. The zero-order valence-corrected chi connectivity index (χ0v) is 12.4. The molecule has 2 fully saturated rings. The van der Waals surface area contributed by atoms with Crippen LogP contribution in [0.2, 0.25) is 0 Å². The Labute approximate surface area is 113 Å². The normalized spacial score (nSPS) is 39.5. The number of hydrogen-bond donors (Lipinski definition) is 1. The molecule has 0 aromatic carbocycles. The van der Waals surface area contributed by atoms with Gasteiger partial charge in [0.05, 0.1) is 0 Å². The van der Waals surface area contributed by atoms with Crippen molar-refractivity contribution in [3.63, 3.8) is 0 Å². The van der Waals surface area contributed by atoms with Crippen molar-refractivity contribution < 1.29 is 0 Å². The van der Waals surface area contributed by atoms with Crippen LogP contribution < -0.4 is 5.73 Å². The van der Waals surface area contributed by atoms with Crippen LogP contribution in [0.3, 0.4) is 0 Å². The van der Waals surface area contributed by atoms with Gasteiger partial charge in [0.25, 0.3) is 0 Å². The molecule has 1 saturated carbocycles. The van der Waals surface area contributed by atoms with Gasteiger partial charge in [-0.2, -0.15) is 0 Å². The van der Waals surface area contributed by atoms with Gasteiger partial charge in [-0.15, -0.1) is 0 Å². The highest BCUT2D eigenvalue weighted by molar-refractivity contribution is 4.86. The summed E-state index contributed by atoms with van der Waals surface area (Å²) in [6.45, 7) is 6.93. The lowest BCUT2D eigenvalue weighted by atomic mass is 9.90. The van der Waals surface area contributed by atoms with Crippen molar-refractivity contribution in [2.75, 3.05) is 13.1 Å². The number of nitrogens with two attached hydrogens (primary N) is 1. The van der Waals surface area contributed by atoms with E-state index in [-0.39, 0.29) is 0 Å². The Morgan fingerprint density at radius 1 is 1.00 bits per heavy atom. The van der Waals surface area contributed by atoms with E-state index < -0.39 is 0 Å². The lowest BCUT2D eigenvalue weighted by Gasteiger charge is -2.42. The maximum atomic E-state index is 5.89. The van der Waals surface area contributed by atoms with Crippen LogP contribution in [0.4, 0.5) is 0 Å². The molecular formula is C16H32N2. The summed E-state index contributed by atoms with van der Waals surface area (Å²) in [6.07, 6.45) is 11.3. The van der Waals surface area contributed by atoms with Gasteiger partial charge < -0.3 is 5.73 Å². The van der Waals surface area contributed by atoms with Crippen LogP contribution in [0.25, 0.3) is 0 Å². The topological polar surface area (TPSA) is 29.3 Å². The summed E-state index contributed by atoms with van der Waals surface area (Å²) in [6, 6.07) is 1.64. The van der Waals surface area contributed by atoms with E-state index in [0.29, 0.717) is 0 Å². The molecule has 0 bridgehead atoms. The maximum absolute atomic E-state index is 5.89. The van der Waals surface area contributed by atoms with E-state index in [4.69, 9.17) is 5.73 Å². The Hall–Kier alpha value is -0.0800. The fraction of sp³-hybridized carbons (Fsp3) is 1.00. The SMILES string of the molecule is CCC1CCCC(N2CC(CN)CCC2C)CC1. The van der Waals surface area contributed by atoms with Crippen molar-refractivity contribution in [1.29, 1.82) is 0 Å². The van der Waals surface area contributed by atoms with Crippen LogP contribution in [0.15, 0.2) is 0 Å². The van der Waals surface area contributed by atoms with Gasteiger partial charge in [-0.25, -0.2) is 0 Å². The van der Waals surface area contributed by atoms with Crippen molar-refractivity contribution in [3.05, 3.63) is 0 Å². The molecule has 2 aliphatic rings. The summed E-state index contributed by atoms with van der Waals surface area (Å²) in [7, 11) is 0. The molecule has 0 aromatic heterocycles. The second kappa shape index (κ2) is 6.91. The van der Waals surface area contributed by atoms with Gasteiger partial charge >= 0.3 is 0 Å². The largest absolute Gasteiger partial charge is 0.330 e. The molecule has 4 unspecified atom stereocenters. The summed E-state index contributed by atoms with van der Waals surface area (Å²) in [5, 5.41) is 0. The predicted molar refractivity (Wildman–Crippen MR) is 78.6 cm³/mol. The van der Waals surface area contributed by atoms with Gasteiger partial charge in [0.1, 0.15) is 0 Å². The van der Waals surface area contributed by atoms with Gasteiger partial charge in [-0.3, -0.25) is 4.90 Å². The third-order valence-corrected chi connectivity index (χ3v) is 5.47.